The molecule has 164 valence electrons. The van der Waals surface area contributed by atoms with E-state index >= 15 is 0 Å². The van der Waals surface area contributed by atoms with Crippen molar-refractivity contribution in [2.75, 3.05) is 14.2 Å². The van der Waals surface area contributed by atoms with Gasteiger partial charge in [0.25, 0.3) is 5.91 Å². The molecule has 1 aliphatic carbocycles. The van der Waals surface area contributed by atoms with Crippen LogP contribution < -0.4 is 9.47 Å². The molecule has 0 spiro atoms. The summed E-state index contributed by atoms with van der Waals surface area (Å²) in [5.41, 5.74) is 0.468. The lowest BCUT2D eigenvalue weighted by molar-refractivity contribution is -0.0149. The minimum Gasteiger partial charge on any atom is -0.493 e. The summed E-state index contributed by atoms with van der Waals surface area (Å²) in [6, 6.07) is 14.1. The number of carbonyl (C=O) groups is 1. The van der Waals surface area contributed by atoms with E-state index in [4.69, 9.17) is 25.5 Å². The van der Waals surface area contributed by atoms with E-state index in [2.05, 4.69) is 0 Å². The molecule has 1 fully saturated rings. The zero-order chi connectivity index (χ0) is 22.0. The van der Waals surface area contributed by atoms with Gasteiger partial charge in [0.2, 0.25) is 0 Å². The Hall–Kier alpha value is -2.70. The maximum Gasteiger partial charge on any atom is 0.289 e. The van der Waals surface area contributed by atoms with Crippen LogP contribution in [-0.4, -0.2) is 48.3 Å². The largest absolute Gasteiger partial charge is 0.493 e. The number of rotatable bonds is 5. The number of carbonyl (C=O) groups excluding carboxylic acids is 1. The second kappa shape index (κ2) is 9.20. The van der Waals surface area contributed by atoms with Crippen molar-refractivity contribution in [3.63, 3.8) is 0 Å². The summed E-state index contributed by atoms with van der Waals surface area (Å²) in [7, 11) is 3.22. The molecule has 0 unspecified atom stereocenters. The molecule has 3 atom stereocenters. The Morgan fingerprint density at radius 3 is 2.65 bits per heavy atom. The Balaban J connectivity index is 1.56. The van der Waals surface area contributed by atoms with Gasteiger partial charge < -0.3 is 23.9 Å². The van der Waals surface area contributed by atoms with Crippen LogP contribution >= 0.6 is 11.6 Å². The van der Waals surface area contributed by atoms with Crippen molar-refractivity contribution in [3.8, 4) is 11.5 Å². The number of aliphatic hydroxyl groups is 1. The molecule has 1 N–H and O–H groups in total. The number of aliphatic hydroxyl groups excluding tert-OH is 1. The monoisotopic (exact) mass is 443 g/mol. The Morgan fingerprint density at radius 2 is 1.90 bits per heavy atom. The van der Waals surface area contributed by atoms with Crippen molar-refractivity contribution in [2.24, 2.45) is 0 Å². The number of benzene rings is 2. The Bertz CT molecular complexity index is 1050. The number of likely N-dealkylation sites (N-methyl/N-ethyl adjacent to an activating group) is 1. The summed E-state index contributed by atoms with van der Waals surface area (Å²) in [6.07, 6.45) is 2.04. The molecule has 1 heterocycles. The number of hydrogen-bond donors (Lipinski definition) is 1. The first-order chi connectivity index (χ1) is 15.0. The molecule has 3 aromatic rings. The highest BCUT2D eigenvalue weighted by Gasteiger charge is 2.36. The summed E-state index contributed by atoms with van der Waals surface area (Å²) < 4.78 is 17.2. The number of ether oxygens (including phenoxy) is 2. The van der Waals surface area contributed by atoms with E-state index in [1.165, 1.54) is 7.11 Å². The smallest absolute Gasteiger partial charge is 0.289 e. The molecule has 2 aromatic carbocycles. The van der Waals surface area contributed by atoms with Gasteiger partial charge in [0.05, 0.1) is 13.2 Å². The van der Waals surface area contributed by atoms with Crippen LogP contribution in [-0.2, 0) is 0 Å². The number of furan rings is 1. The Kier molecular flexibility index (Phi) is 6.39. The topological polar surface area (TPSA) is 72.1 Å². The molecule has 4 rings (SSSR count). The molecule has 0 radical (unpaired) electrons. The van der Waals surface area contributed by atoms with Crippen molar-refractivity contribution in [3.05, 3.63) is 59.3 Å². The van der Waals surface area contributed by atoms with Crippen LogP contribution in [0.4, 0.5) is 0 Å². The van der Waals surface area contributed by atoms with E-state index in [-0.39, 0.29) is 23.8 Å². The molecule has 1 amide bonds. The molecule has 0 aliphatic heterocycles. The third-order valence-corrected chi connectivity index (χ3v) is 6.06. The normalized spacial score (nSPS) is 21.5. The molecule has 7 heteroatoms. The molecule has 31 heavy (non-hydrogen) atoms. The molecule has 1 aliphatic rings. The molecular weight excluding hydrogens is 418 g/mol. The van der Waals surface area contributed by atoms with Gasteiger partial charge in [0.15, 0.2) is 17.1 Å². The second-order valence-corrected chi connectivity index (χ2v) is 8.30. The number of halogens is 1. The summed E-state index contributed by atoms with van der Waals surface area (Å²) in [6.45, 7) is 0. The Labute approximate surface area is 186 Å². The average molecular weight is 444 g/mol. The van der Waals surface area contributed by atoms with Crippen LogP contribution in [0.1, 0.15) is 36.2 Å². The van der Waals surface area contributed by atoms with E-state index < -0.39 is 6.10 Å². The van der Waals surface area contributed by atoms with Crippen molar-refractivity contribution in [2.45, 2.75) is 43.9 Å². The number of hydrogen-bond acceptors (Lipinski definition) is 5. The predicted octanol–water partition coefficient (Wildman–Crippen LogP) is 4.92. The van der Waals surface area contributed by atoms with Gasteiger partial charge in [-0.3, -0.25) is 4.79 Å². The van der Waals surface area contributed by atoms with Crippen LogP contribution in [0.25, 0.3) is 11.0 Å². The average Bonchev–Trinajstić information content (AvgIpc) is 3.12. The van der Waals surface area contributed by atoms with Crippen LogP contribution in [0.3, 0.4) is 0 Å². The summed E-state index contributed by atoms with van der Waals surface area (Å²) in [4.78, 5) is 14.8. The number of para-hydroxylation sites is 1. The second-order valence-electron chi connectivity index (χ2n) is 7.86. The fourth-order valence-corrected chi connectivity index (χ4v) is 4.40. The van der Waals surface area contributed by atoms with Crippen molar-refractivity contribution >= 4 is 28.5 Å². The van der Waals surface area contributed by atoms with Crippen LogP contribution in [0.15, 0.2) is 52.9 Å². The maximum atomic E-state index is 13.2. The zero-order valence-corrected chi connectivity index (χ0v) is 18.3. The first kappa shape index (κ1) is 21.5. The number of methoxy groups -OCH3 is 1. The Morgan fingerprint density at radius 1 is 1.16 bits per heavy atom. The fraction of sp³-hybridized carbons (Fsp3) is 0.375. The first-order valence-electron chi connectivity index (χ1n) is 10.4. The van der Waals surface area contributed by atoms with Crippen LogP contribution in [0.5, 0.6) is 11.5 Å². The molecule has 1 saturated carbocycles. The minimum absolute atomic E-state index is 0.176. The highest BCUT2D eigenvalue weighted by atomic mass is 35.5. The van der Waals surface area contributed by atoms with E-state index in [1.54, 1.807) is 30.1 Å². The quantitative estimate of drug-likeness (QED) is 0.567. The third-order valence-electron chi connectivity index (χ3n) is 5.84. The predicted molar refractivity (Wildman–Crippen MR) is 119 cm³/mol. The molecular formula is C24H26ClNO5. The highest BCUT2D eigenvalue weighted by Crippen LogP contribution is 2.33. The van der Waals surface area contributed by atoms with E-state index in [9.17, 15) is 9.90 Å². The van der Waals surface area contributed by atoms with Crippen molar-refractivity contribution in [1.29, 1.82) is 0 Å². The standard InChI is InChI=1S/C24H26ClNO5/c1-26(24(28)21-13-15-12-16(25)14-20(29-2)23(15)31-21)18-10-6-7-11-19(22(18)27)30-17-8-4-3-5-9-17/h3-5,8-9,12-14,18-19,22,27H,6-7,10-11H2,1-2H3/t18-,19-,22-/m1/s1. The summed E-state index contributed by atoms with van der Waals surface area (Å²) in [5, 5.41) is 12.3. The van der Waals surface area contributed by atoms with Gasteiger partial charge >= 0.3 is 0 Å². The number of fused-ring (bicyclic) bond motifs is 1. The zero-order valence-electron chi connectivity index (χ0n) is 17.6. The van der Waals surface area contributed by atoms with E-state index in [0.29, 0.717) is 33.9 Å². The SMILES string of the molecule is COc1cc(Cl)cc2cc(C(=O)N(C)[C@@H]3CCCC[C@@H](Oc4ccccc4)[C@@H]3O)oc12. The van der Waals surface area contributed by atoms with Crippen molar-refractivity contribution in [1.82, 2.24) is 4.90 Å². The van der Waals surface area contributed by atoms with Crippen LogP contribution in [0, 0.1) is 0 Å². The summed E-state index contributed by atoms with van der Waals surface area (Å²) in [5.74, 6) is 1.05. The van der Waals surface area contributed by atoms with Gasteiger partial charge in [-0.1, -0.05) is 36.2 Å². The third kappa shape index (κ3) is 4.50. The highest BCUT2D eigenvalue weighted by molar-refractivity contribution is 6.31. The van der Waals surface area contributed by atoms with E-state index in [0.717, 1.165) is 19.3 Å². The van der Waals surface area contributed by atoms with Gasteiger partial charge in [-0.15, -0.1) is 0 Å². The van der Waals surface area contributed by atoms with Gasteiger partial charge in [-0.2, -0.15) is 0 Å². The maximum absolute atomic E-state index is 13.2. The molecule has 1 aromatic heterocycles. The van der Waals surface area contributed by atoms with Gasteiger partial charge in [0, 0.05) is 23.5 Å². The van der Waals surface area contributed by atoms with Gasteiger partial charge in [-0.25, -0.2) is 0 Å². The first-order valence-corrected chi connectivity index (χ1v) is 10.8. The molecule has 6 nitrogen and oxygen atoms in total. The lowest BCUT2D eigenvalue weighted by atomic mass is 10.0. The van der Waals surface area contributed by atoms with Crippen molar-refractivity contribution < 1.29 is 23.8 Å². The number of amides is 1. The lowest BCUT2D eigenvalue weighted by Crippen LogP contribution is -2.49. The van der Waals surface area contributed by atoms with Gasteiger partial charge in [-0.05, 0) is 43.5 Å². The fourth-order valence-electron chi connectivity index (χ4n) is 4.18. The van der Waals surface area contributed by atoms with Crippen LogP contribution in [0.2, 0.25) is 5.02 Å². The van der Waals surface area contributed by atoms with E-state index in [1.807, 2.05) is 30.3 Å². The van der Waals surface area contributed by atoms with Gasteiger partial charge in [0.1, 0.15) is 18.0 Å². The molecule has 0 bridgehead atoms. The molecule has 0 saturated heterocycles. The number of nitrogens with zero attached hydrogens (tertiary/aromatic N) is 1. The summed E-state index contributed by atoms with van der Waals surface area (Å²) >= 11 is 6.13. The lowest BCUT2D eigenvalue weighted by Gasteiger charge is -2.33. The minimum atomic E-state index is -0.815.